The molecule has 0 heterocycles. The van der Waals surface area contributed by atoms with Crippen LogP contribution in [-0.4, -0.2) is 15.4 Å². The lowest BCUT2D eigenvalue weighted by molar-refractivity contribution is 0.215. The fourth-order valence-electron chi connectivity index (χ4n) is 1.99. The molecular formula is C18H20O2S. The Labute approximate surface area is 128 Å². The topological polar surface area (TPSA) is 37.3 Å². The number of hydrogen-bond acceptors (Lipinski definition) is 2. The molecule has 21 heavy (non-hydrogen) atoms. The van der Waals surface area contributed by atoms with Gasteiger partial charge in [0.15, 0.2) is 0 Å². The van der Waals surface area contributed by atoms with Crippen LogP contribution >= 0.6 is 0 Å². The van der Waals surface area contributed by atoms with E-state index in [1.54, 1.807) is 0 Å². The molecule has 0 aliphatic heterocycles. The maximum atomic E-state index is 12.7. The zero-order valence-electron chi connectivity index (χ0n) is 12.3. The largest absolute Gasteiger partial charge is 0.388 e. The molecule has 0 spiro atoms. The van der Waals surface area contributed by atoms with Gasteiger partial charge in [0, 0.05) is 4.90 Å². The van der Waals surface area contributed by atoms with Crippen LogP contribution in [0.15, 0.2) is 64.4 Å². The van der Waals surface area contributed by atoms with Gasteiger partial charge in [0.2, 0.25) is 0 Å². The molecule has 0 radical (unpaired) electrons. The highest BCUT2D eigenvalue weighted by Gasteiger charge is 2.17. The highest BCUT2D eigenvalue weighted by molar-refractivity contribution is 7.89. The number of aryl methyl sites for hydroxylation is 1. The van der Waals surface area contributed by atoms with Crippen LogP contribution in [0.1, 0.15) is 24.5 Å². The maximum absolute atomic E-state index is 12.7. The summed E-state index contributed by atoms with van der Waals surface area (Å²) in [6.07, 6.45) is 1.66. The van der Waals surface area contributed by atoms with Gasteiger partial charge in [-0.25, -0.2) is 4.21 Å². The molecule has 0 aliphatic carbocycles. The van der Waals surface area contributed by atoms with E-state index in [-0.39, 0.29) is 0 Å². The second-order valence-electron chi connectivity index (χ2n) is 4.96. The Kier molecular flexibility index (Phi) is 5.48. The summed E-state index contributed by atoms with van der Waals surface area (Å²) in [5.74, 6) is 0. The van der Waals surface area contributed by atoms with E-state index in [0.29, 0.717) is 11.3 Å². The molecular weight excluding hydrogens is 280 g/mol. The second kappa shape index (κ2) is 7.34. The lowest BCUT2D eigenvalue weighted by atomic mass is 10.1. The average molecular weight is 300 g/mol. The molecule has 2 aromatic rings. The SMILES string of the molecule is CC[C@@H](O)/C(=C\c1ccccc1)S(=O)c1ccc(C)cc1. The first kappa shape index (κ1) is 15.7. The molecule has 0 saturated carbocycles. The lowest BCUT2D eigenvalue weighted by Gasteiger charge is -2.13. The normalized spacial score (nSPS) is 14.7. The third-order valence-electron chi connectivity index (χ3n) is 3.27. The molecule has 0 saturated heterocycles. The third-order valence-corrected chi connectivity index (χ3v) is 4.79. The van der Waals surface area contributed by atoms with Gasteiger partial charge >= 0.3 is 0 Å². The van der Waals surface area contributed by atoms with Crippen LogP contribution in [0.2, 0.25) is 0 Å². The van der Waals surface area contributed by atoms with E-state index in [4.69, 9.17) is 0 Å². The molecule has 2 rings (SSSR count). The van der Waals surface area contributed by atoms with Crippen molar-refractivity contribution < 1.29 is 9.32 Å². The van der Waals surface area contributed by atoms with Gasteiger partial charge in [-0.1, -0.05) is 55.0 Å². The number of aliphatic hydroxyl groups is 1. The molecule has 2 atom stereocenters. The van der Waals surface area contributed by atoms with Crippen molar-refractivity contribution in [2.75, 3.05) is 0 Å². The third kappa shape index (κ3) is 4.13. The Balaban J connectivity index is 2.39. The highest BCUT2D eigenvalue weighted by Crippen LogP contribution is 2.22. The van der Waals surface area contributed by atoms with Crippen LogP contribution in [0.25, 0.3) is 6.08 Å². The summed E-state index contributed by atoms with van der Waals surface area (Å²) in [7, 11) is -1.35. The van der Waals surface area contributed by atoms with Crippen molar-refractivity contribution in [3.05, 3.63) is 70.6 Å². The standard InChI is InChI=1S/C18H20O2S/c1-3-17(19)18(13-15-7-5-4-6-8-15)21(20)16-11-9-14(2)10-12-16/h4-13,17,19H,3H2,1-2H3/b18-13+/t17-,21?/m1/s1. The smallest absolute Gasteiger partial charge is 0.0874 e. The van der Waals surface area contributed by atoms with E-state index in [2.05, 4.69) is 0 Å². The molecule has 0 fully saturated rings. The van der Waals surface area contributed by atoms with Gasteiger partial charge in [0.05, 0.1) is 21.8 Å². The van der Waals surface area contributed by atoms with Crippen molar-refractivity contribution >= 4 is 16.9 Å². The van der Waals surface area contributed by atoms with E-state index in [0.717, 1.165) is 16.0 Å². The predicted octanol–water partition coefficient (Wildman–Crippen LogP) is 3.91. The lowest BCUT2D eigenvalue weighted by Crippen LogP contribution is -2.13. The predicted molar refractivity (Wildman–Crippen MR) is 88.3 cm³/mol. The van der Waals surface area contributed by atoms with Crippen molar-refractivity contribution in [2.45, 2.75) is 31.3 Å². The molecule has 0 aromatic heterocycles. The minimum absolute atomic E-state index is 0.538. The van der Waals surface area contributed by atoms with Crippen molar-refractivity contribution in [1.29, 1.82) is 0 Å². The van der Waals surface area contributed by atoms with Crippen LogP contribution in [0.4, 0.5) is 0 Å². The number of benzene rings is 2. The van der Waals surface area contributed by atoms with Crippen molar-refractivity contribution in [2.24, 2.45) is 0 Å². The van der Waals surface area contributed by atoms with E-state index in [9.17, 15) is 9.32 Å². The molecule has 2 nitrogen and oxygen atoms in total. The van der Waals surface area contributed by atoms with Gasteiger partial charge in [-0.2, -0.15) is 0 Å². The Morgan fingerprint density at radius 1 is 1.14 bits per heavy atom. The zero-order chi connectivity index (χ0) is 15.2. The first-order chi connectivity index (χ1) is 10.1. The van der Waals surface area contributed by atoms with E-state index < -0.39 is 16.9 Å². The summed E-state index contributed by atoms with van der Waals surface area (Å²) in [6, 6.07) is 17.2. The Morgan fingerprint density at radius 3 is 2.33 bits per heavy atom. The second-order valence-corrected chi connectivity index (χ2v) is 6.44. The Bertz CT molecular complexity index is 630. The molecule has 3 heteroatoms. The molecule has 0 aliphatic rings. The minimum atomic E-state index is -1.35. The van der Waals surface area contributed by atoms with E-state index >= 15 is 0 Å². The number of hydrogen-bond donors (Lipinski definition) is 1. The first-order valence-electron chi connectivity index (χ1n) is 7.05. The summed E-state index contributed by atoms with van der Waals surface area (Å²) < 4.78 is 12.7. The summed E-state index contributed by atoms with van der Waals surface area (Å²) in [4.78, 5) is 1.27. The van der Waals surface area contributed by atoms with Crippen molar-refractivity contribution in [1.82, 2.24) is 0 Å². The Hall–Kier alpha value is -1.71. The van der Waals surface area contributed by atoms with Crippen LogP contribution in [-0.2, 0) is 10.8 Å². The summed E-state index contributed by atoms with van der Waals surface area (Å²) in [5, 5.41) is 10.2. The van der Waals surface area contributed by atoms with Crippen molar-refractivity contribution in [3.63, 3.8) is 0 Å². The highest BCUT2D eigenvalue weighted by atomic mass is 32.2. The van der Waals surface area contributed by atoms with Gasteiger partial charge in [0.25, 0.3) is 0 Å². The monoisotopic (exact) mass is 300 g/mol. The van der Waals surface area contributed by atoms with Gasteiger partial charge in [-0.3, -0.25) is 0 Å². The van der Waals surface area contributed by atoms with Gasteiger partial charge < -0.3 is 5.11 Å². The maximum Gasteiger partial charge on any atom is 0.0874 e. The molecule has 0 amide bonds. The van der Waals surface area contributed by atoms with E-state index in [1.807, 2.05) is 74.5 Å². The average Bonchev–Trinajstić information content (AvgIpc) is 2.53. The van der Waals surface area contributed by atoms with Gasteiger partial charge in [-0.05, 0) is 37.1 Å². The fourth-order valence-corrected chi connectivity index (χ4v) is 3.30. The molecule has 1 unspecified atom stereocenters. The van der Waals surface area contributed by atoms with Crippen LogP contribution < -0.4 is 0 Å². The van der Waals surface area contributed by atoms with Crippen molar-refractivity contribution in [3.8, 4) is 0 Å². The summed E-state index contributed by atoms with van der Waals surface area (Å²) in [6.45, 7) is 3.88. The first-order valence-corrected chi connectivity index (χ1v) is 8.20. The van der Waals surface area contributed by atoms with E-state index in [1.165, 1.54) is 0 Å². The molecule has 110 valence electrons. The Morgan fingerprint density at radius 2 is 1.76 bits per heavy atom. The summed E-state index contributed by atoms with van der Waals surface area (Å²) in [5.41, 5.74) is 2.07. The van der Waals surface area contributed by atoms with Gasteiger partial charge in [-0.15, -0.1) is 0 Å². The van der Waals surface area contributed by atoms with Crippen LogP contribution in [0, 0.1) is 6.92 Å². The quantitative estimate of drug-likeness (QED) is 0.909. The van der Waals surface area contributed by atoms with Gasteiger partial charge in [0.1, 0.15) is 0 Å². The summed E-state index contributed by atoms with van der Waals surface area (Å²) >= 11 is 0. The van der Waals surface area contributed by atoms with Crippen LogP contribution in [0.3, 0.4) is 0 Å². The minimum Gasteiger partial charge on any atom is -0.388 e. The molecule has 2 aromatic carbocycles. The van der Waals surface area contributed by atoms with Crippen LogP contribution in [0.5, 0.6) is 0 Å². The molecule has 1 N–H and O–H groups in total. The molecule has 0 bridgehead atoms. The number of rotatable bonds is 5. The zero-order valence-corrected chi connectivity index (χ0v) is 13.1. The number of aliphatic hydroxyl groups excluding tert-OH is 1. The fraction of sp³-hybridized carbons (Fsp3) is 0.222.